The highest BCUT2D eigenvalue weighted by molar-refractivity contribution is 7.12. The van der Waals surface area contributed by atoms with Gasteiger partial charge in [0.05, 0.1) is 6.61 Å². The molecule has 1 heterocycles. The van der Waals surface area contributed by atoms with E-state index in [4.69, 9.17) is 4.74 Å². The maximum Gasteiger partial charge on any atom is 0.0723 e. The standard InChI is InChI=1S/C10H17NOS/c1-4-11-6-10-5-9(7-12-3)8(2)13-10/h5,11H,4,6-7H2,1-3H3. The van der Waals surface area contributed by atoms with Crippen LogP contribution in [0.15, 0.2) is 6.07 Å². The average Bonchev–Trinajstić information content (AvgIpc) is 2.45. The van der Waals surface area contributed by atoms with E-state index in [0.717, 1.165) is 19.7 Å². The lowest BCUT2D eigenvalue weighted by atomic mass is 10.2. The average molecular weight is 199 g/mol. The highest BCUT2D eigenvalue weighted by Gasteiger charge is 2.03. The summed E-state index contributed by atoms with van der Waals surface area (Å²) < 4.78 is 5.11. The van der Waals surface area contributed by atoms with Crippen LogP contribution in [0.1, 0.15) is 22.2 Å². The van der Waals surface area contributed by atoms with E-state index in [2.05, 4.69) is 25.2 Å². The van der Waals surface area contributed by atoms with Gasteiger partial charge in [-0.25, -0.2) is 0 Å². The van der Waals surface area contributed by atoms with Gasteiger partial charge in [-0.05, 0) is 25.1 Å². The molecule has 2 nitrogen and oxygen atoms in total. The number of hydrogen-bond donors (Lipinski definition) is 1. The van der Waals surface area contributed by atoms with Crippen LogP contribution in [0.4, 0.5) is 0 Å². The summed E-state index contributed by atoms with van der Waals surface area (Å²) >= 11 is 1.85. The van der Waals surface area contributed by atoms with Crippen molar-refractivity contribution >= 4 is 11.3 Å². The third-order valence-electron chi connectivity index (χ3n) is 1.92. The van der Waals surface area contributed by atoms with Crippen molar-refractivity contribution in [3.8, 4) is 0 Å². The van der Waals surface area contributed by atoms with E-state index in [1.54, 1.807) is 7.11 Å². The van der Waals surface area contributed by atoms with Gasteiger partial charge >= 0.3 is 0 Å². The Morgan fingerprint density at radius 2 is 2.31 bits per heavy atom. The molecule has 0 unspecified atom stereocenters. The van der Waals surface area contributed by atoms with Gasteiger partial charge < -0.3 is 10.1 Å². The molecular formula is C10H17NOS. The summed E-state index contributed by atoms with van der Waals surface area (Å²) in [4.78, 5) is 2.76. The first-order valence-corrected chi connectivity index (χ1v) is 5.37. The smallest absolute Gasteiger partial charge is 0.0723 e. The number of aryl methyl sites for hydroxylation is 1. The van der Waals surface area contributed by atoms with Gasteiger partial charge in [0.2, 0.25) is 0 Å². The Kier molecular flexibility index (Phi) is 4.42. The number of ether oxygens (including phenoxy) is 1. The molecule has 1 N–H and O–H groups in total. The second kappa shape index (κ2) is 5.37. The summed E-state index contributed by atoms with van der Waals surface area (Å²) in [5, 5.41) is 3.32. The van der Waals surface area contributed by atoms with Crippen LogP contribution < -0.4 is 5.32 Å². The van der Waals surface area contributed by atoms with Gasteiger partial charge in [-0.3, -0.25) is 0 Å². The second-order valence-electron chi connectivity index (χ2n) is 3.01. The van der Waals surface area contributed by atoms with Crippen molar-refractivity contribution in [3.63, 3.8) is 0 Å². The molecular weight excluding hydrogens is 182 g/mol. The molecule has 13 heavy (non-hydrogen) atoms. The van der Waals surface area contributed by atoms with Crippen molar-refractivity contribution in [1.82, 2.24) is 5.32 Å². The quantitative estimate of drug-likeness (QED) is 0.785. The lowest BCUT2D eigenvalue weighted by molar-refractivity contribution is 0.185. The zero-order chi connectivity index (χ0) is 9.68. The molecule has 0 fully saturated rings. The maximum absolute atomic E-state index is 5.11. The largest absolute Gasteiger partial charge is 0.380 e. The highest BCUT2D eigenvalue weighted by atomic mass is 32.1. The number of methoxy groups -OCH3 is 1. The Bertz CT molecular complexity index is 257. The molecule has 1 aromatic heterocycles. The third kappa shape index (κ3) is 3.10. The van der Waals surface area contributed by atoms with E-state index >= 15 is 0 Å². The fourth-order valence-electron chi connectivity index (χ4n) is 1.22. The van der Waals surface area contributed by atoms with Crippen LogP contribution >= 0.6 is 11.3 Å². The maximum atomic E-state index is 5.11. The Morgan fingerprint density at radius 3 is 2.92 bits per heavy atom. The summed E-state index contributed by atoms with van der Waals surface area (Å²) in [6.07, 6.45) is 0. The lowest BCUT2D eigenvalue weighted by Crippen LogP contribution is -2.10. The van der Waals surface area contributed by atoms with E-state index in [1.807, 2.05) is 11.3 Å². The van der Waals surface area contributed by atoms with Crippen molar-refractivity contribution in [1.29, 1.82) is 0 Å². The first-order valence-electron chi connectivity index (χ1n) is 4.55. The van der Waals surface area contributed by atoms with E-state index < -0.39 is 0 Å². The molecule has 0 saturated carbocycles. The lowest BCUT2D eigenvalue weighted by Gasteiger charge is -1.96. The monoisotopic (exact) mass is 199 g/mol. The van der Waals surface area contributed by atoms with E-state index in [-0.39, 0.29) is 0 Å². The van der Waals surface area contributed by atoms with E-state index in [9.17, 15) is 0 Å². The molecule has 3 heteroatoms. The minimum atomic E-state index is 0.731. The van der Waals surface area contributed by atoms with Crippen LogP contribution in [-0.4, -0.2) is 13.7 Å². The van der Waals surface area contributed by atoms with Crippen LogP contribution in [0, 0.1) is 6.92 Å². The Labute approximate surface area is 83.9 Å². The molecule has 0 aliphatic heterocycles. The molecule has 1 rings (SSSR count). The molecule has 0 amide bonds. The molecule has 0 aromatic carbocycles. The zero-order valence-electron chi connectivity index (χ0n) is 8.52. The van der Waals surface area contributed by atoms with Gasteiger partial charge in [0.25, 0.3) is 0 Å². The third-order valence-corrected chi connectivity index (χ3v) is 3.01. The fourth-order valence-corrected chi connectivity index (χ4v) is 2.24. The minimum absolute atomic E-state index is 0.731. The fraction of sp³-hybridized carbons (Fsp3) is 0.600. The molecule has 0 aliphatic carbocycles. The molecule has 74 valence electrons. The Hall–Kier alpha value is -0.380. The van der Waals surface area contributed by atoms with Crippen molar-refractivity contribution < 1.29 is 4.74 Å². The SMILES string of the molecule is CCNCc1cc(COC)c(C)s1. The van der Waals surface area contributed by atoms with Crippen LogP contribution in [0.2, 0.25) is 0 Å². The number of hydrogen-bond acceptors (Lipinski definition) is 3. The van der Waals surface area contributed by atoms with E-state index in [1.165, 1.54) is 15.3 Å². The minimum Gasteiger partial charge on any atom is -0.380 e. The van der Waals surface area contributed by atoms with Gasteiger partial charge in [0, 0.05) is 23.4 Å². The van der Waals surface area contributed by atoms with Crippen molar-refractivity contribution in [2.75, 3.05) is 13.7 Å². The molecule has 0 bridgehead atoms. The molecule has 0 radical (unpaired) electrons. The van der Waals surface area contributed by atoms with Gasteiger partial charge in [0.15, 0.2) is 0 Å². The number of rotatable bonds is 5. The van der Waals surface area contributed by atoms with Crippen LogP contribution in [-0.2, 0) is 17.9 Å². The highest BCUT2D eigenvalue weighted by Crippen LogP contribution is 2.21. The normalized spacial score (nSPS) is 10.7. The predicted molar refractivity (Wildman–Crippen MR) is 57.1 cm³/mol. The van der Waals surface area contributed by atoms with Gasteiger partial charge in [-0.2, -0.15) is 0 Å². The summed E-state index contributed by atoms with van der Waals surface area (Å²) in [5.74, 6) is 0. The Morgan fingerprint density at radius 1 is 1.54 bits per heavy atom. The first kappa shape index (κ1) is 10.7. The zero-order valence-corrected chi connectivity index (χ0v) is 9.33. The summed E-state index contributed by atoms with van der Waals surface area (Å²) in [5.41, 5.74) is 1.32. The molecule has 0 aliphatic rings. The van der Waals surface area contributed by atoms with E-state index in [0.29, 0.717) is 0 Å². The van der Waals surface area contributed by atoms with Crippen molar-refractivity contribution in [3.05, 3.63) is 21.4 Å². The molecule has 0 spiro atoms. The van der Waals surface area contributed by atoms with Gasteiger partial charge in [-0.15, -0.1) is 11.3 Å². The molecule has 0 atom stereocenters. The van der Waals surface area contributed by atoms with Gasteiger partial charge in [-0.1, -0.05) is 6.92 Å². The van der Waals surface area contributed by atoms with Crippen molar-refractivity contribution in [2.24, 2.45) is 0 Å². The summed E-state index contributed by atoms with van der Waals surface area (Å²) in [7, 11) is 1.74. The second-order valence-corrected chi connectivity index (χ2v) is 4.35. The molecule has 0 saturated heterocycles. The Balaban J connectivity index is 2.59. The summed E-state index contributed by atoms with van der Waals surface area (Å²) in [6, 6.07) is 2.23. The first-order chi connectivity index (χ1) is 6.27. The summed E-state index contributed by atoms with van der Waals surface area (Å²) in [6.45, 7) is 7.00. The van der Waals surface area contributed by atoms with Crippen molar-refractivity contribution in [2.45, 2.75) is 27.0 Å². The topological polar surface area (TPSA) is 21.3 Å². The van der Waals surface area contributed by atoms with Crippen LogP contribution in [0.25, 0.3) is 0 Å². The number of thiophene rings is 1. The predicted octanol–water partition coefficient (Wildman–Crippen LogP) is 2.31. The number of nitrogens with one attached hydrogen (secondary N) is 1. The van der Waals surface area contributed by atoms with Gasteiger partial charge in [0.1, 0.15) is 0 Å². The van der Waals surface area contributed by atoms with Crippen LogP contribution in [0.3, 0.4) is 0 Å². The van der Waals surface area contributed by atoms with Crippen LogP contribution in [0.5, 0.6) is 0 Å². The molecule has 1 aromatic rings.